The Kier molecular flexibility index (Phi) is 5.07. The molecule has 0 bridgehead atoms. The Morgan fingerprint density at radius 2 is 2.18 bits per heavy atom. The predicted octanol–water partition coefficient (Wildman–Crippen LogP) is 3.66. The number of carbonyl (C=O) groups is 1. The lowest BCUT2D eigenvalue weighted by molar-refractivity contribution is -0.131. The highest BCUT2D eigenvalue weighted by Gasteiger charge is 2.09. The number of halogens is 2. The molecule has 0 aliphatic heterocycles. The zero-order valence-corrected chi connectivity index (χ0v) is 10.3. The highest BCUT2D eigenvalue weighted by atomic mass is 35.5. The van der Waals surface area contributed by atoms with Gasteiger partial charge in [-0.05, 0) is 18.2 Å². The molecular weight excluding hydrogens is 263 g/mol. The van der Waals surface area contributed by atoms with E-state index in [0.717, 1.165) is 6.08 Å². The van der Waals surface area contributed by atoms with Crippen molar-refractivity contribution >= 4 is 35.2 Å². The Labute approximate surface area is 109 Å². The van der Waals surface area contributed by atoms with Crippen LogP contribution in [0.3, 0.4) is 0 Å². The van der Waals surface area contributed by atoms with Gasteiger partial charge in [0.25, 0.3) is 0 Å². The molecule has 17 heavy (non-hydrogen) atoms. The Morgan fingerprint density at radius 3 is 2.76 bits per heavy atom. The monoisotopic (exact) mass is 272 g/mol. The predicted molar refractivity (Wildman–Crippen MR) is 68.8 cm³/mol. The van der Waals surface area contributed by atoms with Crippen LogP contribution in [-0.4, -0.2) is 17.7 Å². The van der Waals surface area contributed by atoms with Crippen LogP contribution in [0.25, 0.3) is 6.08 Å². The Hall–Kier alpha value is -1.45. The van der Waals surface area contributed by atoms with Crippen molar-refractivity contribution in [2.75, 3.05) is 6.61 Å². The third kappa shape index (κ3) is 3.80. The lowest BCUT2D eigenvalue weighted by Gasteiger charge is -2.09. The topological polar surface area (TPSA) is 46.5 Å². The van der Waals surface area contributed by atoms with Crippen molar-refractivity contribution in [3.8, 4) is 5.75 Å². The van der Waals surface area contributed by atoms with Crippen LogP contribution in [0.4, 0.5) is 0 Å². The highest BCUT2D eigenvalue weighted by molar-refractivity contribution is 6.43. The van der Waals surface area contributed by atoms with Crippen LogP contribution in [0, 0.1) is 0 Å². The van der Waals surface area contributed by atoms with Crippen LogP contribution in [0.2, 0.25) is 10.0 Å². The summed E-state index contributed by atoms with van der Waals surface area (Å²) in [6.45, 7) is 3.82. The van der Waals surface area contributed by atoms with Crippen molar-refractivity contribution in [1.29, 1.82) is 0 Å². The molecule has 0 saturated heterocycles. The van der Waals surface area contributed by atoms with Crippen molar-refractivity contribution in [2.45, 2.75) is 0 Å². The largest absolute Gasteiger partial charge is 0.489 e. The summed E-state index contributed by atoms with van der Waals surface area (Å²) in [6, 6.07) is 3.21. The molecule has 3 nitrogen and oxygen atoms in total. The first-order chi connectivity index (χ1) is 8.06. The third-order valence-electron chi connectivity index (χ3n) is 1.84. The van der Waals surface area contributed by atoms with Gasteiger partial charge in [-0.25, -0.2) is 4.79 Å². The first-order valence-electron chi connectivity index (χ1n) is 4.69. The highest BCUT2D eigenvalue weighted by Crippen LogP contribution is 2.34. The van der Waals surface area contributed by atoms with Gasteiger partial charge in [-0.1, -0.05) is 35.9 Å². The van der Waals surface area contributed by atoms with E-state index in [1.54, 1.807) is 18.2 Å². The van der Waals surface area contributed by atoms with Crippen molar-refractivity contribution in [2.24, 2.45) is 0 Å². The normalized spacial score (nSPS) is 10.5. The van der Waals surface area contributed by atoms with E-state index < -0.39 is 5.97 Å². The lowest BCUT2D eigenvalue weighted by atomic mass is 10.2. The van der Waals surface area contributed by atoms with Crippen molar-refractivity contribution < 1.29 is 14.6 Å². The van der Waals surface area contributed by atoms with E-state index >= 15 is 0 Å². The van der Waals surface area contributed by atoms with Gasteiger partial charge in [0.1, 0.15) is 12.4 Å². The van der Waals surface area contributed by atoms with Crippen LogP contribution < -0.4 is 4.74 Å². The fourth-order valence-electron chi connectivity index (χ4n) is 1.13. The smallest absolute Gasteiger partial charge is 0.328 e. The van der Waals surface area contributed by atoms with E-state index in [1.807, 2.05) is 0 Å². The number of benzene rings is 1. The summed E-state index contributed by atoms with van der Waals surface area (Å²) in [7, 11) is 0. The first kappa shape index (κ1) is 13.6. The molecule has 1 N–H and O–H groups in total. The van der Waals surface area contributed by atoms with Crippen LogP contribution in [0.1, 0.15) is 5.56 Å². The number of aliphatic carboxylic acids is 1. The van der Waals surface area contributed by atoms with E-state index in [1.165, 1.54) is 6.08 Å². The number of hydrogen-bond acceptors (Lipinski definition) is 2. The SMILES string of the molecule is C=CCOc1ccc(Cl)c(Cl)c1/C=C/C(=O)O. The maximum atomic E-state index is 10.5. The van der Waals surface area contributed by atoms with E-state index in [4.69, 9.17) is 33.0 Å². The van der Waals surface area contributed by atoms with Crippen molar-refractivity contribution in [3.05, 3.63) is 46.5 Å². The minimum absolute atomic E-state index is 0.255. The molecule has 0 saturated carbocycles. The summed E-state index contributed by atoms with van der Waals surface area (Å²) in [5.41, 5.74) is 0.434. The summed E-state index contributed by atoms with van der Waals surface area (Å²) in [5.74, 6) is -0.618. The zero-order chi connectivity index (χ0) is 12.8. The molecule has 0 amide bonds. The molecule has 5 heteroatoms. The van der Waals surface area contributed by atoms with Gasteiger partial charge in [0, 0.05) is 11.6 Å². The van der Waals surface area contributed by atoms with Gasteiger partial charge in [0.15, 0.2) is 0 Å². The standard InChI is InChI=1S/C12H10Cl2O3/c1-2-7-17-10-5-4-9(13)12(14)8(10)3-6-11(15)16/h2-6H,1,7H2,(H,15,16)/b6-3+. The second-order valence-corrected chi connectivity index (χ2v) is 3.83. The third-order valence-corrected chi connectivity index (χ3v) is 2.66. The number of hydrogen-bond donors (Lipinski definition) is 1. The molecular formula is C12H10Cl2O3. The molecule has 90 valence electrons. The average molecular weight is 273 g/mol. The fraction of sp³-hybridized carbons (Fsp3) is 0.0833. The van der Waals surface area contributed by atoms with E-state index in [-0.39, 0.29) is 5.02 Å². The summed E-state index contributed by atoms with van der Waals surface area (Å²) in [5, 5.41) is 9.17. The molecule has 1 rings (SSSR count). The zero-order valence-electron chi connectivity index (χ0n) is 8.82. The minimum Gasteiger partial charge on any atom is -0.489 e. The van der Waals surface area contributed by atoms with E-state index in [9.17, 15) is 4.79 Å². The molecule has 0 fully saturated rings. The minimum atomic E-state index is -1.07. The lowest BCUT2D eigenvalue weighted by Crippen LogP contribution is -1.96. The fourth-order valence-corrected chi connectivity index (χ4v) is 1.52. The molecule has 1 aromatic rings. The summed E-state index contributed by atoms with van der Waals surface area (Å²) >= 11 is 11.8. The number of carboxylic acids is 1. The number of ether oxygens (including phenoxy) is 1. The van der Waals surface area contributed by atoms with Gasteiger partial charge in [0.2, 0.25) is 0 Å². The molecule has 0 aliphatic carbocycles. The average Bonchev–Trinajstić information content (AvgIpc) is 2.29. The molecule has 0 aliphatic rings. The van der Waals surface area contributed by atoms with Crippen LogP contribution >= 0.6 is 23.2 Å². The van der Waals surface area contributed by atoms with Gasteiger partial charge < -0.3 is 9.84 Å². The molecule has 1 aromatic carbocycles. The van der Waals surface area contributed by atoms with Crippen molar-refractivity contribution in [1.82, 2.24) is 0 Å². The molecule has 0 aromatic heterocycles. The molecule has 0 atom stereocenters. The van der Waals surface area contributed by atoms with Crippen LogP contribution in [-0.2, 0) is 4.79 Å². The molecule has 0 spiro atoms. The second-order valence-electron chi connectivity index (χ2n) is 3.04. The summed E-state index contributed by atoms with van der Waals surface area (Å²) in [6.07, 6.45) is 3.89. The van der Waals surface area contributed by atoms with Crippen LogP contribution in [0.15, 0.2) is 30.9 Å². The quantitative estimate of drug-likeness (QED) is 0.657. The number of rotatable bonds is 5. The maximum Gasteiger partial charge on any atom is 0.328 e. The Balaban J connectivity index is 3.16. The summed E-state index contributed by atoms with van der Waals surface area (Å²) in [4.78, 5) is 10.5. The van der Waals surface area contributed by atoms with Gasteiger partial charge in [-0.2, -0.15) is 0 Å². The van der Waals surface area contributed by atoms with Crippen LogP contribution in [0.5, 0.6) is 5.75 Å². The maximum absolute atomic E-state index is 10.5. The molecule has 0 heterocycles. The van der Waals surface area contributed by atoms with Gasteiger partial charge in [-0.3, -0.25) is 0 Å². The molecule has 0 unspecified atom stereocenters. The van der Waals surface area contributed by atoms with Crippen molar-refractivity contribution in [3.63, 3.8) is 0 Å². The summed E-state index contributed by atoms with van der Waals surface area (Å²) < 4.78 is 5.35. The second kappa shape index (κ2) is 6.33. The Morgan fingerprint density at radius 1 is 1.47 bits per heavy atom. The number of carboxylic acid groups (broad SMARTS) is 1. The van der Waals surface area contributed by atoms with Gasteiger partial charge in [0.05, 0.1) is 10.0 Å². The van der Waals surface area contributed by atoms with Gasteiger partial charge >= 0.3 is 5.97 Å². The van der Waals surface area contributed by atoms with E-state index in [2.05, 4.69) is 6.58 Å². The van der Waals surface area contributed by atoms with E-state index in [0.29, 0.717) is 22.9 Å². The first-order valence-corrected chi connectivity index (χ1v) is 5.44. The van der Waals surface area contributed by atoms with Gasteiger partial charge in [-0.15, -0.1) is 0 Å². The molecule has 0 radical (unpaired) electrons. The Bertz CT molecular complexity index is 467.